The molecule has 0 radical (unpaired) electrons. The van der Waals surface area contributed by atoms with Crippen LogP contribution >= 0.6 is 0 Å². The fourth-order valence-corrected chi connectivity index (χ4v) is 3.31. The van der Waals surface area contributed by atoms with E-state index in [-0.39, 0.29) is 11.9 Å². The molecule has 1 saturated heterocycles. The van der Waals surface area contributed by atoms with Crippen molar-refractivity contribution in [2.24, 2.45) is 7.05 Å². The Morgan fingerprint density at radius 3 is 2.84 bits per heavy atom. The lowest BCUT2D eigenvalue weighted by Gasteiger charge is -2.28. The number of halogens is 1. The Hall–Kier alpha value is -2.22. The summed E-state index contributed by atoms with van der Waals surface area (Å²) in [7, 11) is 3.68. The Labute approximate surface area is 146 Å². The number of H-pyrrole nitrogens is 1. The fourth-order valence-electron chi connectivity index (χ4n) is 3.31. The SMILES string of the molecule is Cc1[nH]nc(C(=O)N(C)C[C@@H]2C[C@H](F)CN2Cc2nccn2C)c1C. The van der Waals surface area contributed by atoms with E-state index in [2.05, 4.69) is 20.1 Å². The number of aryl methyl sites for hydroxylation is 2. The Morgan fingerprint density at radius 2 is 2.24 bits per heavy atom. The average molecular weight is 348 g/mol. The molecule has 0 spiro atoms. The Bertz CT molecular complexity index is 754. The first kappa shape index (κ1) is 17.6. The second-order valence-electron chi connectivity index (χ2n) is 6.88. The van der Waals surface area contributed by atoms with Gasteiger partial charge in [0, 0.05) is 56.9 Å². The van der Waals surface area contributed by atoms with Gasteiger partial charge in [0.2, 0.25) is 0 Å². The van der Waals surface area contributed by atoms with Gasteiger partial charge in [-0.25, -0.2) is 9.37 Å². The lowest BCUT2D eigenvalue weighted by molar-refractivity contribution is 0.0741. The molecule has 136 valence electrons. The van der Waals surface area contributed by atoms with Crippen LogP contribution in [-0.2, 0) is 13.6 Å². The number of likely N-dealkylation sites (N-methyl/N-ethyl adjacent to an activating group) is 1. The molecule has 2 aromatic rings. The zero-order valence-electron chi connectivity index (χ0n) is 15.2. The number of aromatic nitrogens is 4. The number of rotatable bonds is 5. The molecule has 1 aliphatic heterocycles. The highest BCUT2D eigenvalue weighted by atomic mass is 19.1. The first-order valence-corrected chi connectivity index (χ1v) is 8.48. The second-order valence-corrected chi connectivity index (χ2v) is 6.88. The number of carbonyl (C=O) groups is 1. The topological polar surface area (TPSA) is 70.1 Å². The van der Waals surface area contributed by atoms with Crippen LogP contribution in [0.4, 0.5) is 4.39 Å². The van der Waals surface area contributed by atoms with Crippen molar-refractivity contribution in [3.63, 3.8) is 0 Å². The van der Waals surface area contributed by atoms with Gasteiger partial charge in [0.1, 0.15) is 12.0 Å². The summed E-state index contributed by atoms with van der Waals surface area (Å²) in [6.07, 6.45) is 3.18. The summed E-state index contributed by atoms with van der Waals surface area (Å²) in [5.41, 5.74) is 2.18. The van der Waals surface area contributed by atoms with E-state index < -0.39 is 6.17 Å². The number of carbonyl (C=O) groups excluding carboxylic acids is 1. The van der Waals surface area contributed by atoms with Crippen LogP contribution < -0.4 is 0 Å². The number of aromatic amines is 1. The molecule has 8 heteroatoms. The molecule has 25 heavy (non-hydrogen) atoms. The minimum atomic E-state index is -0.872. The second kappa shape index (κ2) is 6.95. The number of nitrogens with zero attached hydrogens (tertiary/aromatic N) is 5. The number of amides is 1. The van der Waals surface area contributed by atoms with Gasteiger partial charge in [-0.05, 0) is 20.3 Å². The molecule has 0 unspecified atom stereocenters. The van der Waals surface area contributed by atoms with E-state index in [0.29, 0.717) is 31.7 Å². The number of alkyl halides is 1. The van der Waals surface area contributed by atoms with Crippen molar-refractivity contribution >= 4 is 5.91 Å². The van der Waals surface area contributed by atoms with Gasteiger partial charge in [-0.1, -0.05) is 0 Å². The third-order valence-corrected chi connectivity index (χ3v) is 5.03. The van der Waals surface area contributed by atoms with Crippen LogP contribution in [0, 0.1) is 13.8 Å². The number of imidazole rings is 1. The summed E-state index contributed by atoms with van der Waals surface area (Å²) in [6, 6.07) is -0.0269. The van der Waals surface area contributed by atoms with Crippen LogP contribution in [0.1, 0.15) is 34.0 Å². The summed E-state index contributed by atoms with van der Waals surface area (Å²) in [5, 5.41) is 6.94. The van der Waals surface area contributed by atoms with E-state index in [0.717, 1.165) is 17.1 Å². The van der Waals surface area contributed by atoms with E-state index in [1.54, 1.807) is 18.1 Å². The molecule has 0 aliphatic carbocycles. The highest BCUT2D eigenvalue weighted by Crippen LogP contribution is 2.23. The summed E-state index contributed by atoms with van der Waals surface area (Å²) < 4.78 is 15.9. The van der Waals surface area contributed by atoms with Gasteiger partial charge in [0.25, 0.3) is 5.91 Å². The predicted octanol–water partition coefficient (Wildman–Crippen LogP) is 1.44. The molecule has 0 aromatic carbocycles. The van der Waals surface area contributed by atoms with Crippen molar-refractivity contribution < 1.29 is 9.18 Å². The molecule has 2 atom stereocenters. The lowest BCUT2D eigenvalue weighted by atomic mass is 10.1. The van der Waals surface area contributed by atoms with Crippen molar-refractivity contribution in [1.82, 2.24) is 29.5 Å². The maximum atomic E-state index is 14.0. The first-order chi connectivity index (χ1) is 11.9. The molecule has 2 aromatic heterocycles. The van der Waals surface area contributed by atoms with Crippen LogP contribution in [0.3, 0.4) is 0 Å². The quantitative estimate of drug-likeness (QED) is 0.888. The lowest BCUT2D eigenvalue weighted by Crippen LogP contribution is -2.41. The third kappa shape index (κ3) is 3.58. The molecular weight excluding hydrogens is 323 g/mol. The standard InChI is InChI=1S/C17H25FN6O/c1-11-12(2)20-21-16(11)17(25)23(4)9-14-7-13(18)8-24(14)10-15-19-5-6-22(15)3/h5-6,13-14H,7-10H2,1-4H3,(H,20,21)/t13-,14-/m0/s1. The van der Waals surface area contributed by atoms with Crippen molar-refractivity contribution in [1.29, 1.82) is 0 Å². The largest absolute Gasteiger partial charge is 0.339 e. The molecular formula is C17H25FN6O. The number of hydrogen-bond donors (Lipinski definition) is 1. The Balaban J connectivity index is 1.68. The molecule has 1 amide bonds. The monoisotopic (exact) mass is 348 g/mol. The normalized spacial score (nSPS) is 21.0. The molecule has 1 N–H and O–H groups in total. The summed E-state index contributed by atoms with van der Waals surface area (Å²) in [6.45, 7) is 5.19. The number of likely N-dealkylation sites (tertiary alicyclic amines) is 1. The maximum Gasteiger partial charge on any atom is 0.274 e. The Kier molecular flexibility index (Phi) is 4.89. The van der Waals surface area contributed by atoms with Gasteiger partial charge in [-0.2, -0.15) is 5.10 Å². The van der Waals surface area contributed by atoms with Gasteiger partial charge in [-0.3, -0.25) is 14.8 Å². The van der Waals surface area contributed by atoms with E-state index in [9.17, 15) is 9.18 Å². The molecule has 1 fully saturated rings. The highest BCUT2D eigenvalue weighted by Gasteiger charge is 2.34. The molecule has 0 bridgehead atoms. The highest BCUT2D eigenvalue weighted by molar-refractivity contribution is 5.93. The van der Waals surface area contributed by atoms with Crippen molar-refractivity contribution in [3.05, 3.63) is 35.2 Å². The van der Waals surface area contributed by atoms with Crippen LogP contribution in [0.2, 0.25) is 0 Å². The van der Waals surface area contributed by atoms with Gasteiger partial charge < -0.3 is 9.47 Å². The number of nitrogens with one attached hydrogen (secondary N) is 1. The van der Waals surface area contributed by atoms with E-state index in [4.69, 9.17) is 0 Å². The number of hydrogen-bond acceptors (Lipinski definition) is 4. The smallest absolute Gasteiger partial charge is 0.274 e. The van der Waals surface area contributed by atoms with E-state index >= 15 is 0 Å². The van der Waals surface area contributed by atoms with Gasteiger partial charge in [0.05, 0.1) is 6.54 Å². The Morgan fingerprint density at radius 1 is 1.48 bits per heavy atom. The minimum Gasteiger partial charge on any atom is -0.339 e. The summed E-state index contributed by atoms with van der Waals surface area (Å²) >= 11 is 0. The van der Waals surface area contributed by atoms with Crippen molar-refractivity contribution in [3.8, 4) is 0 Å². The fraction of sp³-hybridized carbons (Fsp3) is 0.588. The zero-order valence-corrected chi connectivity index (χ0v) is 15.2. The minimum absolute atomic E-state index is 0.0269. The molecule has 1 aliphatic rings. The van der Waals surface area contributed by atoms with Gasteiger partial charge in [0.15, 0.2) is 5.69 Å². The van der Waals surface area contributed by atoms with Crippen LogP contribution in [0.15, 0.2) is 12.4 Å². The first-order valence-electron chi connectivity index (χ1n) is 8.48. The van der Waals surface area contributed by atoms with Crippen LogP contribution in [0.5, 0.6) is 0 Å². The molecule has 3 rings (SSSR count). The zero-order chi connectivity index (χ0) is 18.1. The van der Waals surface area contributed by atoms with Gasteiger partial charge >= 0.3 is 0 Å². The summed E-state index contributed by atoms with van der Waals surface area (Å²) in [4.78, 5) is 20.7. The van der Waals surface area contributed by atoms with E-state index in [1.165, 1.54) is 0 Å². The van der Waals surface area contributed by atoms with Crippen molar-refractivity contribution in [2.45, 2.75) is 39.0 Å². The van der Waals surface area contributed by atoms with Crippen LogP contribution in [-0.4, -0.2) is 67.8 Å². The maximum absolute atomic E-state index is 14.0. The van der Waals surface area contributed by atoms with E-state index in [1.807, 2.05) is 31.7 Å². The summed E-state index contributed by atoms with van der Waals surface area (Å²) in [5.74, 6) is 0.757. The molecule has 7 nitrogen and oxygen atoms in total. The molecule has 3 heterocycles. The van der Waals surface area contributed by atoms with Gasteiger partial charge in [-0.15, -0.1) is 0 Å². The molecule has 0 saturated carbocycles. The third-order valence-electron chi connectivity index (χ3n) is 5.03. The predicted molar refractivity (Wildman–Crippen MR) is 91.9 cm³/mol. The van der Waals surface area contributed by atoms with Crippen LogP contribution in [0.25, 0.3) is 0 Å². The van der Waals surface area contributed by atoms with Crippen molar-refractivity contribution in [2.75, 3.05) is 20.1 Å². The average Bonchev–Trinajstić information content (AvgIpc) is 3.22.